The van der Waals surface area contributed by atoms with E-state index < -0.39 is 0 Å². The second-order valence-electron chi connectivity index (χ2n) is 4.90. The largest absolute Gasteiger partial charge is 0.465 e. The van der Waals surface area contributed by atoms with Crippen LogP contribution in [0.2, 0.25) is 0 Å². The van der Waals surface area contributed by atoms with E-state index in [9.17, 15) is 4.79 Å². The molecule has 2 rings (SSSR count). The molecule has 0 amide bonds. The van der Waals surface area contributed by atoms with Crippen LogP contribution in [-0.4, -0.2) is 13.1 Å². The molecule has 0 bridgehead atoms. The Balaban J connectivity index is 2.09. The summed E-state index contributed by atoms with van der Waals surface area (Å²) in [5, 5.41) is 3.29. The van der Waals surface area contributed by atoms with Gasteiger partial charge in [-0.05, 0) is 50.1 Å². The molecule has 0 aliphatic heterocycles. The SMILES string of the molecule is COC(=O)c1cc(CNc2cc(C)cc(C)c2)oc1C. The van der Waals surface area contributed by atoms with E-state index >= 15 is 0 Å². The molecule has 0 saturated heterocycles. The van der Waals surface area contributed by atoms with Gasteiger partial charge in [-0.25, -0.2) is 4.79 Å². The number of ether oxygens (including phenoxy) is 1. The Morgan fingerprint density at radius 1 is 1.15 bits per heavy atom. The fourth-order valence-corrected chi connectivity index (χ4v) is 2.21. The molecule has 0 unspecified atom stereocenters. The van der Waals surface area contributed by atoms with Gasteiger partial charge in [0, 0.05) is 5.69 Å². The molecule has 0 saturated carbocycles. The van der Waals surface area contributed by atoms with Crippen molar-refractivity contribution in [1.82, 2.24) is 0 Å². The first-order chi connectivity index (χ1) is 9.49. The van der Waals surface area contributed by atoms with Crippen molar-refractivity contribution < 1.29 is 13.9 Å². The predicted molar refractivity (Wildman–Crippen MR) is 78.0 cm³/mol. The molecular weight excluding hydrogens is 254 g/mol. The van der Waals surface area contributed by atoms with Crippen molar-refractivity contribution in [1.29, 1.82) is 0 Å². The van der Waals surface area contributed by atoms with Gasteiger partial charge in [-0.15, -0.1) is 0 Å². The molecule has 4 heteroatoms. The fourth-order valence-electron chi connectivity index (χ4n) is 2.21. The minimum absolute atomic E-state index is 0.371. The maximum atomic E-state index is 11.5. The first kappa shape index (κ1) is 14.2. The van der Waals surface area contributed by atoms with Crippen molar-refractivity contribution in [3.05, 3.63) is 52.5 Å². The van der Waals surface area contributed by atoms with Gasteiger partial charge in [-0.3, -0.25) is 0 Å². The van der Waals surface area contributed by atoms with Crippen molar-refractivity contribution in [2.45, 2.75) is 27.3 Å². The van der Waals surface area contributed by atoms with E-state index in [0.717, 1.165) is 5.69 Å². The molecule has 0 atom stereocenters. The first-order valence-corrected chi connectivity index (χ1v) is 6.49. The molecule has 2 aromatic rings. The summed E-state index contributed by atoms with van der Waals surface area (Å²) in [5.41, 5.74) is 3.93. The van der Waals surface area contributed by atoms with E-state index in [1.165, 1.54) is 18.2 Å². The fraction of sp³-hybridized carbons (Fsp3) is 0.312. The van der Waals surface area contributed by atoms with Crippen LogP contribution in [0.4, 0.5) is 5.69 Å². The van der Waals surface area contributed by atoms with E-state index in [1.54, 1.807) is 13.0 Å². The summed E-state index contributed by atoms with van der Waals surface area (Å²) in [4.78, 5) is 11.5. The van der Waals surface area contributed by atoms with Gasteiger partial charge in [-0.2, -0.15) is 0 Å². The van der Waals surface area contributed by atoms with Crippen LogP contribution in [-0.2, 0) is 11.3 Å². The third kappa shape index (κ3) is 3.20. The highest BCUT2D eigenvalue weighted by atomic mass is 16.5. The monoisotopic (exact) mass is 273 g/mol. The second-order valence-corrected chi connectivity index (χ2v) is 4.90. The van der Waals surface area contributed by atoms with Gasteiger partial charge in [0.25, 0.3) is 0 Å². The van der Waals surface area contributed by atoms with Crippen molar-refractivity contribution in [3.8, 4) is 0 Å². The standard InChI is InChI=1S/C16H19NO3/c1-10-5-11(2)7-13(6-10)17-9-14-8-15(12(3)20-14)16(18)19-4/h5-8,17H,9H2,1-4H3. The number of rotatable bonds is 4. The zero-order chi connectivity index (χ0) is 14.7. The molecule has 1 aromatic heterocycles. The smallest absolute Gasteiger partial charge is 0.341 e. The van der Waals surface area contributed by atoms with Crippen LogP contribution in [0.3, 0.4) is 0 Å². The number of esters is 1. The highest BCUT2D eigenvalue weighted by Gasteiger charge is 2.15. The van der Waals surface area contributed by atoms with Crippen LogP contribution in [0, 0.1) is 20.8 Å². The Labute approximate surface area is 118 Å². The summed E-state index contributed by atoms with van der Waals surface area (Å²) in [7, 11) is 1.36. The van der Waals surface area contributed by atoms with E-state index in [-0.39, 0.29) is 5.97 Å². The first-order valence-electron chi connectivity index (χ1n) is 6.49. The molecule has 0 aliphatic rings. The van der Waals surface area contributed by atoms with Crippen molar-refractivity contribution in [3.63, 3.8) is 0 Å². The number of benzene rings is 1. The van der Waals surface area contributed by atoms with Crippen LogP contribution in [0.1, 0.15) is 33.0 Å². The van der Waals surface area contributed by atoms with E-state index in [4.69, 9.17) is 9.15 Å². The molecule has 1 heterocycles. The average molecular weight is 273 g/mol. The maximum Gasteiger partial charge on any atom is 0.341 e. The maximum absolute atomic E-state index is 11.5. The summed E-state index contributed by atoms with van der Waals surface area (Å²) >= 11 is 0. The normalized spacial score (nSPS) is 10.4. The van der Waals surface area contributed by atoms with Crippen molar-refractivity contribution >= 4 is 11.7 Å². The molecular formula is C16H19NO3. The molecule has 106 valence electrons. The van der Waals surface area contributed by atoms with Gasteiger partial charge in [0.15, 0.2) is 0 Å². The summed E-state index contributed by atoms with van der Waals surface area (Å²) in [6.45, 7) is 6.41. The Morgan fingerprint density at radius 2 is 1.80 bits per heavy atom. The summed E-state index contributed by atoms with van der Waals surface area (Å²) < 4.78 is 10.3. The van der Waals surface area contributed by atoms with Gasteiger partial charge in [0.1, 0.15) is 17.1 Å². The molecule has 4 nitrogen and oxygen atoms in total. The van der Waals surface area contributed by atoms with Gasteiger partial charge >= 0.3 is 5.97 Å². The number of anilines is 1. The van der Waals surface area contributed by atoms with E-state index in [2.05, 4.69) is 37.4 Å². The van der Waals surface area contributed by atoms with Crippen LogP contribution < -0.4 is 5.32 Å². The number of methoxy groups -OCH3 is 1. The lowest BCUT2D eigenvalue weighted by atomic mass is 10.1. The highest BCUT2D eigenvalue weighted by Crippen LogP contribution is 2.18. The Hall–Kier alpha value is -2.23. The minimum Gasteiger partial charge on any atom is -0.465 e. The van der Waals surface area contributed by atoms with Gasteiger partial charge in [-0.1, -0.05) is 6.07 Å². The molecule has 1 N–H and O–H groups in total. The summed E-state index contributed by atoms with van der Waals surface area (Å²) in [5.74, 6) is 0.917. The Morgan fingerprint density at radius 3 is 2.40 bits per heavy atom. The Bertz CT molecular complexity index is 608. The molecule has 0 radical (unpaired) electrons. The minimum atomic E-state index is -0.371. The molecule has 1 aromatic carbocycles. The van der Waals surface area contributed by atoms with Crippen LogP contribution in [0.15, 0.2) is 28.7 Å². The van der Waals surface area contributed by atoms with Gasteiger partial charge in [0.2, 0.25) is 0 Å². The lowest BCUT2D eigenvalue weighted by Crippen LogP contribution is -2.01. The summed E-state index contributed by atoms with van der Waals surface area (Å²) in [6.07, 6.45) is 0. The Kier molecular flexibility index (Phi) is 4.13. The molecule has 20 heavy (non-hydrogen) atoms. The lowest BCUT2D eigenvalue weighted by molar-refractivity contribution is 0.0599. The van der Waals surface area contributed by atoms with Crippen LogP contribution in [0.5, 0.6) is 0 Å². The van der Waals surface area contributed by atoms with Gasteiger partial charge < -0.3 is 14.5 Å². The van der Waals surface area contributed by atoms with Crippen LogP contribution in [0.25, 0.3) is 0 Å². The van der Waals surface area contributed by atoms with Crippen molar-refractivity contribution in [2.24, 2.45) is 0 Å². The summed E-state index contributed by atoms with van der Waals surface area (Å²) in [6, 6.07) is 7.99. The lowest BCUT2D eigenvalue weighted by Gasteiger charge is -2.07. The van der Waals surface area contributed by atoms with E-state index in [0.29, 0.717) is 23.6 Å². The van der Waals surface area contributed by atoms with E-state index in [1.807, 2.05) is 0 Å². The predicted octanol–water partition coefficient (Wildman–Crippen LogP) is 3.60. The topological polar surface area (TPSA) is 51.5 Å². The number of hydrogen-bond acceptors (Lipinski definition) is 4. The third-order valence-corrected chi connectivity index (χ3v) is 3.06. The van der Waals surface area contributed by atoms with Gasteiger partial charge in [0.05, 0.1) is 13.7 Å². The number of carbonyl (C=O) groups is 1. The second kappa shape index (κ2) is 5.82. The zero-order valence-corrected chi connectivity index (χ0v) is 12.2. The molecule has 0 spiro atoms. The number of nitrogens with one attached hydrogen (secondary N) is 1. The zero-order valence-electron chi connectivity index (χ0n) is 12.2. The molecule has 0 fully saturated rings. The average Bonchev–Trinajstić information content (AvgIpc) is 2.76. The number of furan rings is 1. The number of carbonyl (C=O) groups excluding carboxylic acids is 1. The quantitative estimate of drug-likeness (QED) is 0.865. The highest BCUT2D eigenvalue weighted by molar-refractivity contribution is 5.90. The van der Waals surface area contributed by atoms with Crippen LogP contribution >= 0.6 is 0 Å². The molecule has 0 aliphatic carbocycles. The third-order valence-electron chi connectivity index (χ3n) is 3.06. The number of aryl methyl sites for hydroxylation is 3. The van der Waals surface area contributed by atoms with Crippen molar-refractivity contribution in [2.75, 3.05) is 12.4 Å². The number of hydrogen-bond donors (Lipinski definition) is 1.